The highest BCUT2D eigenvalue weighted by atomic mass is 32.1. The summed E-state index contributed by atoms with van der Waals surface area (Å²) in [5.41, 5.74) is 0. The quantitative estimate of drug-likeness (QED) is 0.838. The molecule has 8 heteroatoms. The van der Waals surface area contributed by atoms with E-state index in [1.165, 1.54) is 4.57 Å². The summed E-state index contributed by atoms with van der Waals surface area (Å²) in [5, 5.41) is 6.31. The van der Waals surface area contributed by atoms with Crippen molar-refractivity contribution in [2.45, 2.75) is 26.6 Å². The molecule has 0 aliphatic heterocycles. The van der Waals surface area contributed by atoms with Gasteiger partial charge in [-0.15, -0.1) is 5.10 Å². The molecule has 1 rings (SSSR count). The molecule has 0 radical (unpaired) electrons. The summed E-state index contributed by atoms with van der Waals surface area (Å²) in [6, 6.07) is 0. The highest BCUT2D eigenvalue weighted by Crippen LogP contribution is 2.20. The smallest absolute Gasteiger partial charge is 0.332 e. The third-order valence-electron chi connectivity index (χ3n) is 2.09. The van der Waals surface area contributed by atoms with E-state index in [-0.39, 0.29) is 12.5 Å². The van der Waals surface area contributed by atoms with Gasteiger partial charge in [-0.2, -0.15) is 13.2 Å². The molecule has 0 aromatic carbocycles. The second-order valence-electron chi connectivity index (χ2n) is 3.20. The van der Waals surface area contributed by atoms with Gasteiger partial charge in [-0.1, -0.05) is 0 Å². The number of aromatic amines is 1. The summed E-state index contributed by atoms with van der Waals surface area (Å²) in [6.45, 7) is 3.13. The monoisotopic (exact) mass is 254 g/mol. The van der Waals surface area contributed by atoms with Crippen LogP contribution in [0, 0.1) is 4.77 Å². The van der Waals surface area contributed by atoms with Gasteiger partial charge in [0.1, 0.15) is 6.54 Å². The van der Waals surface area contributed by atoms with E-state index in [1.807, 2.05) is 0 Å². The van der Waals surface area contributed by atoms with Gasteiger partial charge in [0.2, 0.25) is 5.95 Å². The average Bonchev–Trinajstić information content (AvgIpc) is 2.54. The molecule has 4 nitrogen and oxygen atoms in total. The van der Waals surface area contributed by atoms with Crippen LogP contribution >= 0.6 is 12.2 Å². The summed E-state index contributed by atoms with van der Waals surface area (Å²) in [7, 11) is 0. The lowest BCUT2D eigenvalue weighted by Crippen LogP contribution is -2.35. The zero-order valence-corrected chi connectivity index (χ0v) is 9.82. The van der Waals surface area contributed by atoms with E-state index in [0.29, 0.717) is 11.3 Å². The fraction of sp³-hybridized carbons (Fsp3) is 0.750. The molecular formula is C8H13F3N4S. The lowest BCUT2D eigenvalue weighted by atomic mass is 10.5. The number of H-pyrrole nitrogens is 1. The Kier molecular flexibility index (Phi) is 3.95. The predicted octanol–water partition coefficient (Wildman–Crippen LogP) is 2.35. The maximum Gasteiger partial charge on any atom is 0.406 e. The Hall–Kier alpha value is -1.05. The van der Waals surface area contributed by atoms with Crippen LogP contribution in [-0.2, 0) is 6.54 Å². The second kappa shape index (κ2) is 4.86. The SMILES string of the molecule is CCN(CC(F)(F)F)c1n[nH]c(=S)n1CC. The zero-order valence-electron chi connectivity index (χ0n) is 9.01. The van der Waals surface area contributed by atoms with Crippen molar-refractivity contribution in [2.75, 3.05) is 18.0 Å². The van der Waals surface area contributed by atoms with Crippen LogP contribution in [0.2, 0.25) is 0 Å². The molecule has 1 heterocycles. The Labute approximate surface area is 96.1 Å². The third kappa shape index (κ3) is 2.97. The normalized spacial score (nSPS) is 11.8. The molecule has 0 unspecified atom stereocenters. The molecule has 1 aromatic rings. The Morgan fingerprint density at radius 1 is 1.44 bits per heavy atom. The molecule has 1 aromatic heterocycles. The topological polar surface area (TPSA) is 36.9 Å². The van der Waals surface area contributed by atoms with Crippen molar-refractivity contribution in [1.29, 1.82) is 0 Å². The Morgan fingerprint density at radius 2 is 2.06 bits per heavy atom. The van der Waals surface area contributed by atoms with Crippen LogP contribution in [0.5, 0.6) is 0 Å². The van der Waals surface area contributed by atoms with Crippen LogP contribution in [0.3, 0.4) is 0 Å². The lowest BCUT2D eigenvalue weighted by molar-refractivity contribution is -0.119. The van der Waals surface area contributed by atoms with Crippen molar-refractivity contribution in [1.82, 2.24) is 14.8 Å². The van der Waals surface area contributed by atoms with Crippen LogP contribution in [0.4, 0.5) is 19.1 Å². The van der Waals surface area contributed by atoms with E-state index < -0.39 is 12.7 Å². The van der Waals surface area contributed by atoms with E-state index >= 15 is 0 Å². The summed E-state index contributed by atoms with van der Waals surface area (Å²) in [5.74, 6) is 0.229. The van der Waals surface area contributed by atoms with Crippen LogP contribution in [0.25, 0.3) is 0 Å². The summed E-state index contributed by atoms with van der Waals surface area (Å²) < 4.78 is 38.8. The van der Waals surface area contributed by atoms with E-state index in [4.69, 9.17) is 12.2 Å². The van der Waals surface area contributed by atoms with Crippen LogP contribution in [0.15, 0.2) is 0 Å². The van der Waals surface area contributed by atoms with Gasteiger partial charge >= 0.3 is 6.18 Å². The van der Waals surface area contributed by atoms with Gasteiger partial charge in [0.25, 0.3) is 0 Å². The number of hydrogen-bond acceptors (Lipinski definition) is 3. The summed E-state index contributed by atoms with van der Waals surface area (Å²) >= 11 is 4.92. The van der Waals surface area contributed by atoms with E-state index in [0.717, 1.165) is 4.90 Å². The first kappa shape index (κ1) is 13.0. The standard InChI is InChI=1S/C8H13F3N4S/c1-3-14(5-8(9,10)11)6-12-13-7(16)15(6)4-2/h3-5H2,1-2H3,(H,13,16). The van der Waals surface area contributed by atoms with E-state index in [9.17, 15) is 13.2 Å². The molecule has 0 fully saturated rings. The highest BCUT2D eigenvalue weighted by molar-refractivity contribution is 7.71. The van der Waals surface area contributed by atoms with Crippen molar-refractivity contribution in [3.63, 3.8) is 0 Å². The molecule has 92 valence electrons. The van der Waals surface area contributed by atoms with Crippen molar-refractivity contribution in [3.8, 4) is 0 Å². The third-order valence-corrected chi connectivity index (χ3v) is 2.40. The summed E-state index contributed by atoms with van der Waals surface area (Å²) in [4.78, 5) is 1.13. The Morgan fingerprint density at radius 3 is 2.50 bits per heavy atom. The van der Waals surface area contributed by atoms with Crippen LogP contribution in [0.1, 0.15) is 13.8 Å². The Balaban J connectivity index is 2.99. The molecule has 0 aliphatic carbocycles. The summed E-state index contributed by atoms with van der Waals surface area (Å²) in [6.07, 6.45) is -4.25. The van der Waals surface area contributed by atoms with Gasteiger partial charge in [0, 0.05) is 13.1 Å². The molecule has 0 bridgehead atoms. The van der Waals surface area contributed by atoms with E-state index in [2.05, 4.69) is 10.2 Å². The number of alkyl halides is 3. The number of nitrogens with one attached hydrogen (secondary N) is 1. The first-order chi connectivity index (χ1) is 7.39. The van der Waals surface area contributed by atoms with Gasteiger partial charge in [-0.05, 0) is 26.1 Å². The minimum atomic E-state index is -4.25. The van der Waals surface area contributed by atoms with Crippen molar-refractivity contribution < 1.29 is 13.2 Å². The van der Waals surface area contributed by atoms with Crippen molar-refractivity contribution in [3.05, 3.63) is 4.77 Å². The average molecular weight is 254 g/mol. The van der Waals surface area contributed by atoms with Crippen LogP contribution < -0.4 is 4.90 Å². The number of nitrogens with zero attached hydrogens (tertiary/aromatic N) is 3. The maximum atomic E-state index is 12.3. The first-order valence-electron chi connectivity index (χ1n) is 4.86. The van der Waals surface area contributed by atoms with E-state index in [1.54, 1.807) is 13.8 Å². The largest absolute Gasteiger partial charge is 0.406 e. The minimum absolute atomic E-state index is 0.221. The molecule has 0 saturated carbocycles. The minimum Gasteiger partial charge on any atom is -0.332 e. The van der Waals surface area contributed by atoms with Crippen molar-refractivity contribution in [2.24, 2.45) is 0 Å². The molecule has 0 spiro atoms. The first-order valence-corrected chi connectivity index (χ1v) is 5.26. The molecule has 1 N–H and O–H groups in total. The second-order valence-corrected chi connectivity index (χ2v) is 3.59. The number of halogens is 3. The van der Waals surface area contributed by atoms with Gasteiger partial charge in [0.05, 0.1) is 0 Å². The molecular weight excluding hydrogens is 241 g/mol. The number of aromatic nitrogens is 3. The number of hydrogen-bond donors (Lipinski definition) is 1. The predicted molar refractivity (Wildman–Crippen MR) is 57.0 cm³/mol. The van der Waals surface area contributed by atoms with Gasteiger partial charge in [0.15, 0.2) is 4.77 Å². The molecule has 0 aliphatic rings. The lowest BCUT2D eigenvalue weighted by Gasteiger charge is -2.22. The van der Waals surface area contributed by atoms with Gasteiger partial charge in [-0.25, -0.2) is 5.10 Å². The van der Waals surface area contributed by atoms with Gasteiger partial charge in [-0.3, -0.25) is 4.57 Å². The highest BCUT2D eigenvalue weighted by Gasteiger charge is 2.31. The maximum absolute atomic E-state index is 12.3. The molecule has 16 heavy (non-hydrogen) atoms. The molecule has 0 amide bonds. The molecule has 0 atom stereocenters. The number of rotatable bonds is 4. The zero-order chi connectivity index (χ0) is 12.3. The fourth-order valence-corrected chi connectivity index (χ4v) is 1.63. The van der Waals surface area contributed by atoms with Crippen molar-refractivity contribution >= 4 is 18.2 Å². The number of anilines is 1. The van der Waals surface area contributed by atoms with Crippen LogP contribution in [-0.4, -0.2) is 34.0 Å². The van der Waals surface area contributed by atoms with Gasteiger partial charge < -0.3 is 4.90 Å². The Bertz CT molecular complexity index is 395. The fourth-order valence-electron chi connectivity index (χ4n) is 1.38. The molecule has 0 saturated heterocycles.